The van der Waals surface area contributed by atoms with E-state index in [1.165, 1.54) is 7.11 Å². The lowest BCUT2D eigenvalue weighted by molar-refractivity contribution is -0.130. The van der Waals surface area contributed by atoms with Gasteiger partial charge in [0.1, 0.15) is 6.10 Å². The van der Waals surface area contributed by atoms with Gasteiger partial charge in [-0.2, -0.15) is 0 Å². The van der Waals surface area contributed by atoms with Crippen molar-refractivity contribution < 1.29 is 9.53 Å². The third-order valence-electron chi connectivity index (χ3n) is 2.66. The summed E-state index contributed by atoms with van der Waals surface area (Å²) in [5, 5.41) is 2.81. The second kappa shape index (κ2) is 8.50. The van der Waals surface area contributed by atoms with Crippen LogP contribution < -0.4 is 11.1 Å². The first-order valence-electron chi connectivity index (χ1n) is 5.73. The molecule has 1 amide bonds. The maximum absolute atomic E-state index is 11.5. The lowest BCUT2D eigenvalue weighted by Crippen LogP contribution is -2.41. The van der Waals surface area contributed by atoms with E-state index in [0.717, 1.165) is 13.0 Å². The number of nitrogens with one attached hydrogen (secondary N) is 1. The molecule has 1 unspecified atom stereocenters. The molecule has 0 bridgehead atoms. The largest absolute Gasteiger partial charge is 0.370 e. The van der Waals surface area contributed by atoms with Crippen molar-refractivity contribution in [3.8, 4) is 0 Å². The minimum Gasteiger partial charge on any atom is -0.370 e. The Morgan fingerprint density at radius 1 is 1.50 bits per heavy atom. The molecule has 0 aliphatic rings. The Kier molecular flexibility index (Phi) is 8.15. The van der Waals surface area contributed by atoms with E-state index in [2.05, 4.69) is 31.1 Å². The minimum absolute atomic E-state index is 0.128. The van der Waals surface area contributed by atoms with Gasteiger partial charge in [0.05, 0.1) is 0 Å². The Morgan fingerprint density at radius 2 is 2.12 bits per heavy atom. The summed E-state index contributed by atoms with van der Waals surface area (Å²) < 4.78 is 4.93. The number of carbonyl (C=O) groups excluding carboxylic acids is 1. The summed E-state index contributed by atoms with van der Waals surface area (Å²) in [7, 11) is 3.56. The highest BCUT2D eigenvalue weighted by Crippen LogP contribution is 1.94. The number of rotatable bonds is 8. The van der Waals surface area contributed by atoms with E-state index in [1.807, 2.05) is 0 Å². The van der Waals surface area contributed by atoms with Crippen LogP contribution in [0.4, 0.5) is 0 Å². The normalized spacial score (nSPS) is 13.2. The molecule has 0 heterocycles. The van der Waals surface area contributed by atoms with Crippen molar-refractivity contribution in [2.75, 3.05) is 33.8 Å². The van der Waals surface area contributed by atoms with Crippen LogP contribution in [0.1, 0.15) is 20.3 Å². The maximum atomic E-state index is 11.5. The fraction of sp³-hybridized carbons (Fsp3) is 0.909. The van der Waals surface area contributed by atoms with E-state index in [-0.39, 0.29) is 12.5 Å². The predicted octanol–water partition coefficient (Wildman–Crippen LogP) is -0.193. The van der Waals surface area contributed by atoms with Gasteiger partial charge in [-0.25, -0.2) is 0 Å². The average Bonchev–Trinajstić information content (AvgIpc) is 2.25. The summed E-state index contributed by atoms with van der Waals surface area (Å²) in [5.74, 6) is -0.128. The number of nitrogens with two attached hydrogens (primary N) is 1. The molecule has 0 fully saturated rings. The van der Waals surface area contributed by atoms with Gasteiger partial charge >= 0.3 is 0 Å². The number of amides is 1. The topological polar surface area (TPSA) is 67.6 Å². The van der Waals surface area contributed by atoms with Crippen LogP contribution in [0.2, 0.25) is 0 Å². The van der Waals surface area contributed by atoms with Crippen LogP contribution in [0.15, 0.2) is 0 Å². The molecule has 0 aliphatic carbocycles. The van der Waals surface area contributed by atoms with Crippen LogP contribution in [-0.2, 0) is 9.53 Å². The Hall–Kier alpha value is -0.650. The maximum Gasteiger partial charge on any atom is 0.250 e. The Labute approximate surface area is 98.3 Å². The van der Waals surface area contributed by atoms with Gasteiger partial charge in [-0.1, -0.05) is 0 Å². The molecule has 0 aromatic carbocycles. The van der Waals surface area contributed by atoms with Crippen LogP contribution >= 0.6 is 0 Å². The van der Waals surface area contributed by atoms with Gasteiger partial charge in [-0.3, -0.25) is 4.79 Å². The van der Waals surface area contributed by atoms with E-state index in [4.69, 9.17) is 10.5 Å². The van der Waals surface area contributed by atoms with Gasteiger partial charge < -0.3 is 20.7 Å². The second-order valence-corrected chi connectivity index (χ2v) is 4.18. The molecule has 16 heavy (non-hydrogen) atoms. The number of ether oxygens (including phenoxy) is 1. The highest BCUT2D eigenvalue weighted by molar-refractivity contribution is 5.80. The van der Waals surface area contributed by atoms with E-state index >= 15 is 0 Å². The van der Waals surface area contributed by atoms with E-state index in [9.17, 15) is 4.79 Å². The molecule has 0 saturated carbocycles. The zero-order chi connectivity index (χ0) is 12.6. The van der Waals surface area contributed by atoms with E-state index in [0.29, 0.717) is 12.6 Å². The quantitative estimate of drug-likeness (QED) is 0.568. The van der Waals surface area contributed by atoms with Gasteiger partial charge in [0.2, 0.25) is 5.91 Å². The van der Waals surface area contributed by atoms with Crippen LogP contribution in [-0.4, -0.2) is 56.7 Å². The minimum atomic E-state index is -0.525. The molecule has 0 radical (unpaired) electrons. The van der Waals surface area contributed by atoms with Gasteiger partial charge in [0.15, 0.2) is 0 Å². The zero-order valence-corrected chi connectivity index (χ0v) is 10.8. The molecule has 0 aliphatic heterocycles. The fourth-order valence-electron chi connectivity index (χ4n) is 1.22. The molecule has 0 aromatic rings. The Balaban J connectivity index is 3.62. The molecule has 96 valence electrons. The molecule has 3 N–H and O–H groups in total. The number of nitrogens with zero attached hydrogens (tertiary/aromatic N) is 1. The first-order chi connectivity index (χ1) is 7.52. The second-order valence-electron chi connectivity index (χ2n) is 4.18. The Bertz CT molecular complexity index is 194. The molecule has 0 rings (SSSR count). The van der Waals surface area contributed by atoms with Gasteiger partial charge in [0, 0.05) is 26.2 Å². The van der Waals surface area contributed by atoms with Crippen molar-refractivity contribution in [3.63, 3.8) is 0 Å². The smallest absolute Gasteiger partial charge is 0.250 e. The summed E-state index contributed by atoms with van der Waals surface area (Å²) in [6.45, 7) is 6.14. The monoisotopic (exact) mass is 231 g/mol. The predicted molar refractivity (Wildman–Crippen MR) is 65.2 cm³/mol. The SMILES string of the molecule is COC(CN)C(=O)NCCCN(C)C(C)C. The summed E-state index contributed by atoms with van der Waals surface area (Å²) in [6, 6.07) is 0.534. The van der Waals surface area contributed by atoms with E-state index in [1.54, 1.807) is 0 Å². The van der Waals surface area contributed by atoms with Crippen molar-refractivity contribution in [3.05, 3.63) is 0 Å². The molecule has 0 saturated heterocycles. The van der Waals surface area contributed by atoms with Crippen molar-refractivity contribution >= 4 is 5.91 Å². The summed E-state index contributed by atoms with van der Waals surface area (Å²) in [5.41, 5.74) is 5.38. The first-order valence-corrected chi connectivity index (χ1v) is 5.73. The molecule has 0 aromatic heterocycles. The average molecular weight is 231 g/mol. The van der Waals surface area contributed by atoms with Crippen LogP contribution in [0.3, 0.4) is 0 Å². The van der Waals surface area contributed by atoms with Crippen molar-refractivity contribution in [2.45, 2.75) is 32.4 Å². The zero-order valence-electron chi connectivity index (χ0n) is 10.8. The molecular formula is C11H25N3O2. The molecule has 5 nitrogen and oxygen atoms in total. The summed E-state index contributed by atoms with van der Waals surface area (Å²) >= 11 is 0. The van der Waals surface area contributed by atoms with Crippen molar-refractivity contribution in [1.29, 1.82) is 0 Å². The lowest BCUT2D eigenvalue weighted by atomic mass is 10.3. The lowest BCUT2D eigenvalue weighted by Gasteiger charge is -2.21. The van der Waals surface area contributed by atoms with Gasteiger partial charge in [-0.15, -0.1) is 0 Å². The number of hydrogen-bond donors (Lipinski definition) is 2. The van der Waals surface area contributed by atoms with Gasteiger partial charge in [0.25, 0.3) is 0 Å². The van der Waals surface area contributed by atoms with E-state index < -0.39 is 6.10 Å². The summed E-state index contributed by atoms with van der Waals surface area (Å²) in [4.78, 5) is 13.7. The fourth-order valence-corrected chi connectivity index (χ4v) is 1.22. The van der Waals surface area contributed by atoms with Crippen LogP contribution in [0.5, 0.6) is 0 Å². The van der Waals surface area contributed by atoms with Gasteiger partial charge in [-0.05, 0) is 33.9 Å². The number of carbonyl (C=O) groups is 1. The number of methoxy groups -OCH3 is 1. The third-order valence-corrected chi connectivity index (χ3v) is 2.66. The standard InChI is InChI=1S/C11H25N3O2/c1-9(2)14(3)7-5-6-13-11(15)10(8-12)16-4/h9-10H,5-8,12H2,1-4H3,(H,13,15). The van der Waals surface area contributed by atoms with Crippen molar-refractivity contribution in [2.24, 2.45) is 5.73 Å². The Morgan fingerprint density at radius 3 is 2.56 bits per heavy atom. The molecule has 0 spiro atoms. The molecular weight excluding hydrogens is 206 g/mol. The highest BCUT2D eigenvalue weighted by atomic mass is 16.5. The third kappa shape index (κ3) is 6.05. The summed E-state index contributed by atoms with van der Waals surface area (Å²) in [6.07, 6.45) is 0.407. The van der Waals surface area contributed by atoms with Crippen molar-refractivity contribution in [1.82, 2.24) is 10.2 Å². The molecule has 1 atom stereocenters. The van der Waals surface area contributed by atoms with Crippen LogP contribution in [0, 0.1) is 0 Å². The highest BCUT2D eigenvalue weighted by Gasteiger charge is 2.14. The number of hydrogen-bond acceptors (Lipinski definition) is 4. The van der Waals surface area contributed by atoms with Crippen LogP contribution in [0.25, 0.3) is 0 Å². The molecule has 5 heteroatoms. The first kappa shape index (κ1) is 15.3.